The van der Waals surface area contributed by atoms with Crippen molar-refractivity contribution in [3.05, 3.63) is 52.9 Å². The number of sulfonamides is 1. The van der Waals surface area contributed by atoms with Crippen LogP contribution in [0.1, 0.15) is 47.3 Å². The summed E-state index contributed by atoms with van der Waals surface area (Å²) in [5.74, 6) is -1.73. The Morgan fingerprint density at radius 3 is 2.54 bits per heavy atom. The zero-order chi connectivity index (χ0) is 18.9. The molecule has 3 rings (SSSR count). The third-order valence-corrected chi connectivity index (χ3v) is 7.59. The number of hydrogen-bond acceptors (Lipinski definition) is 5. The number of aliphatic carboxylic acids is 1. The summed E-state index contributed by atoms with van der Waals surface area (Å²) in [6, 6.07) is 11.8. The van der Waals surface area contributed by atoms with E-state index in [2.05, 4.69) is 4.72 Å². The lowest BCUT2D eigenvalue weighted by molar-refractivity contribution is -0.140. The van der Waals surface area contributed by atoms with E-state index in [0.717, 1.165) is 16.9 Å². The lowest BCUT2D eigenvalue weighted by Gasteiger charge is -2.14. The Morgan fingerprint density at radius 2 is 1.92 bits per heavy atom. The molecule has 2 aromatic rings. The number of nitrogens with one attached hydrogen (secondary N) is 1. The zero-order valence-corrected chi connectivity index (χ0v) is 15.8. The molecular weight excluding hydrogens is 374 g/mol. The van der Waals surface area contributed by atoms with Gasteiger partial charge in [-0.3, -0.25) is 9.59 Å². The van der Waals surface area contributed by atoms with E-state index in [-0.39, 0.29) is 16.4 Å². The third kappa shape index (κ3) is 3.44. The number of hydrogen-bond donors (Lipinski definition) is 2. The van der Waals surface area contributed by atoms with Crippen LogP contribution in [0.4, 0.5) is 0 Å². The SMILES string of the molecule is CCCC(=O)c1ccc(S(=O)(=O)N[C@]2(C(=O)O)C[C@H]2c2ccccc2)s1. The second-order valence-electron chi connectivity index (χ2n) is 6.34. The third-order valence-electron chi connectivity index (χ3n) is 4.46. The highest BCUT2D eigenvalue weighted by Gasteiger charge is 2.63. The summed E-state index contributed by atoms with van der Waals surface area (Å²) in [5.41, 5.74) is -0.764. The van der Waals surface area contributed by atoms with E-state index in [1.54, 1.807) is 24.3 Å². The molecule has 6 nitrogen and oxygen atoms in total. The molecule has 1 aromatic heterocycles. The normalized spacial score (nSPS) is 22.1. The summed E-state index contributed by atoms with van der Waals surface area (Å²) >= 11 is 0.872. The number of rotatable bonds is 8. The molecule has 138 valence electrons. The number of thiophene rings is 1. The van der Waals surface area contributed by atoms with Crippen LogP contribution in [0.3, 0.4) is 0 Å². The second-order valence-corrected chi connectivity index (χ2v) is 9.33. The molecule has 2 atom stereocenters. The quantitative estimate of drug-likeness (QED) is 0.672. The molecule has 0 amide bonds. The highest BCUT2D eigenvalue weighted by molar-refractivity contribution is 7.91. The molecule has 1 aromatic carbocycles. The molecule has 1 heterocycles. The van der Waals surface area contributed by atoms with E-state index in [1.165, 1.54) is 12.1 Å². The summed E-state index contributed by atoms with van der Waals surface area (Å²) in [7, 11) is -4.03. The molecule has 0 radical (unpaired) electrons. The van der Waals surface area contributed by atoms with E-state index in [1.807, 2.05) is 13.0 Å². The molecule has 0 bridgehead atoms. The van der Waals surface area contributed by atoms with Gasteiger partial charge in [0.1, 0.15) is 9.75 Å². The van der Waals surface area contributed by atoms with Gasteiger partial charge < -0.3 is 5.11 Å². The van der Waals surface area contributed by atoms with Crippen LogP contribution in [-0.4, -0.2) is 30.8 Å². The van der Waals surface area contributed by atoms with Gasteiger partial charge in [-0.25, -0.2) is 8.42 Å². The number of Topliss-reactive ketones (excluding diaryl/α,β-unsaturated/α-hetero) is 1. The molecule has 0 saturated heterocycles. The number of benzene rings is 1. The fraction of sp³-hybridized carbons (Fsp3) is 0.333. The maximum atomic E-state index is 12.7. The van der Waals surface area contributed by atoms with Crippen molar-refractivity contribution in [1.82, 2.24) is 4.72 Å². The molecule has 1 saturated carbocycles. The van der Waals surface area contributed by atoms with Gasteiger partial charge in [-0.1, -0.05) is 37.3 Å². The van der Waals surface area contributed by atoms with Crippen LogP contribution in [0.15, 0.2) is 46.7 Å². The van der Waals surface area contributed by atoms with Gasteiger partial charge in [0.25, 0.3) is 10.0 Å². The highest BCUT2D eigenvalue weighted by Crippen LogP contribution is 2.52. The number of ketones is 1. The predicted octanol–water partition coefficient (Wildman–Crippen LogP) is 3.02. The van der Waals surface area contributed by atoms with Crippen LogP contribution in [0, 0.1) is 0 Å². The predicted molar refractivity (Wildman–Crippen MR) is 98.0 cm³/mol. The smallest absolute Gasteiger partial charge is 0.325 e. The van der Waals surface area contributed by atoms with Gasteiger partial charge in [0.15, 0.2) is 5.78 Å². The van der Waals surface area contributed by atoms with Gasteiger partial charge in [-0.2, -0.15) is 4.72 Å². The molecule has 26 heavy (non-hydrogen) atoms. The summed E-state index contributed by atoms with van der Waals surface area (Å²) < 4.78 is 27.7. The molecule has 8 heteroatoms. The Bertz CT molecular complexity index is 936. The minimum atomic E-state index is -4.03. The Morgan fingerprint density at radius 1 is 1.23 bits per heavy atom. The zero-order valence-electron chi connectivity index (χ0n) is 14.1. The van der Waals surface area contributed by atoms with Gasteiger partial charge in [0.2, 0.25) is 0 Å². The minimum absolute atomic E-state index is 0.0451. The van der Waals surface area contributed by atoms with Gasteiger partial charge in [0, 0.05) is 12.3 Å². The van der Waals surface area contributed by atoms with Crippen molar-refractivity contribution in [2.24, 2.45) is 0 Å². The van der Waals surface area contributed by atoms with E-state index in [0.29, 0.717) is 17.7 Å². The van der Waals surface area contributed by atoms with Gasteiger partial charge in [0.05, 0.1) is 4.88 Å². The van der Waals surface area contributed by atoms with Crippen molar-refractivity contribution in [2.75, 3.05) is 0 Å². The minimum Gasteiger partial charge on any atom is -0.480 e. The molecule has 0 unspecified atom stereocenters. The maximum Gasteiger partial charge on any atom is 0.325 e. The van der Waals surface area contributed by atoms with Crippen molar-refractivity contribution in [3.8, 4) is 0 Å². The number of carbonyl (C=O) groups is 2. The lowest BCUT2D eigenvalue weighted by atomic mass is 10.1. The van der Waals surface area contributed by atoms with Crippen LogP contribution in [0.5, 0.6) is 0 Å². The van der Waals surface area contributed by atoms with Crippen LogP contribution >= 0.6 is 11.3 Å². The summed E-state index contributed by atoms with van der Waals surface area (Å²) in [6.07, 6.45) is 1.22. The van der Waals surface area contributed by atoms with E-state index < -0.39 is 27.4 Å². The first kappa shape index (κ1) is 18.8. The number of carbonyl (C=O) groups excluding carboxylic acids is 1. The number of carboxylic acids is 1. The standard InChI is InChI=1S/C18H19NO5S2/c1-2-6-14(20)15-9-10-16(25-15)26(23,24)19-18(17(21)22)11-13(18)12-7-4-3-5-8-12/h3-5,7-10,13,19H,2,6,11H2,1H3,(H,21,22)/t13-,18+/m0/s1. The summed E-state index contributed by atoms with van der Waals surface area (Å²) in [4.78, 5) is 24.1. The lowest BCUT2D eigenvalue weighted by Crippen LogP contribution is -2.44. The van der Waals surface area contributed by atoms with E-state index >= 15 is 0 Å². The molecule has 2 N–H and O–H groups in total. The average Bonchev–Trinajstić information content (AvgIpc) is 3.10. The first-order valence-corrected chi connectivity index (χ1v) is 10.6. The van der Waals surface area contributed by atoms with E-state index in [9.17, 15) is 23.1 Å². The van der Waals surface area contributed by atoms with Crippen molar-refractivity contribution < 1.29 is 23.1 Å². The van der Waals surface area contributed by atoms with Crippen molar-refractivity contribution in [3.63, 3.8) is 0 Å². The fourth-order valence-corrected chi connectivity index (χ4v) is 5.68. The summed E-state index contributed by atoms with van der Waals surface area (Å²) in [5, 5.41) is 9.63. The number of carboxylic acid groups (broad SMARTS) is 1. The van der Waals surface area contributed by atoms with Crippen LogP contribution in [0.25, 0.3) is 0 Å². The molecule has 1 fully saturated rings. The maximum absolute atomic E-state index is 12.7. The van der Waals surface area contributed by atoms with E-state index in [4.69, 9.17) is 0 Å². The molecule has 0 spiro atoms. The fourth-order valence-electron chi connectivity index (χ4n) is 3.00. The topological polar surface area (TPSA) is 101 Å². The Labute approximate surface area is 155 Å². The molecular formula is C18H19NO5S2. The Hall–Kier alpha value is -2.03. The second kappa shape index (κ2) is 6.94. The Balaban J connectivity index is 1.84. The molecule has 1 aliphatic rings. The van der Waals surface area contributed by atoms with Gasteiger partial charge in [-0.15, -0.1) is 11.3 Å². The van der Waals surface area contributed by atoms with Gasteiger partial charge >= 0.3 is 5.97 Å². The van der Waals surface area contributed by atoms with Gasteiger partial charge in [-0.05, 0) is 30.5 Å². The first-order chi connectivity index (χ1) is 12.3. The van der Waals surface area contributed by atoms with Crippen LogP contribution in [0.2, 0.25) is 0 Å². The summed E-state index contributed by atoms with van der Waals surface area (Å²) in [6.45, 7) is 1.87. The average molecular weight is 393 g/mol. The molecule has 0 aliphatic heterocycles. The monoisotopic (exact) mass is 393 g/mol. The highest BCUT2D eigenvalue weighted by atomic mass is 32.2. The molecule has 1 aliphatic carbocycles. The Kier molecular flexibility index (Phi) is 5.01. The van der Waals surface area contributed by atoms with Crippen LogP contribution in [-0.2, 0) is 14.8 Å². The van der Waals surface area contributed by atoms with Crippen molar-refractivity contribution in [1.29, 1.82) is 0 Å². The van der Waals surface area contributed by atoms with Crippen molar-refractivity contribution >= 4 is 33.1 Å². The first-order valence-electron chi connectivity index (χ1n) is 8.25. The largest absolute Gasteiger partial charge is 0.480 e. The van der Waals surface area contributed by atoms with Crippen LogP contribution < -0.4 is 4.72 Å². The van der Waals surface area contributed by atoms with Crippen molar-refractivity contribution in [2.45, 2.75) is 41.9 Å².